The Kier molecular flexibility index (Phi) is 9.90. The summed E-state index contributed by atoms with van der Waals surface area (Å²) in [5, 5.41) is 8.91. The van der Waals surface area contributed by atoms with Crippen molar-refractivity contribution in [2.75, 3.05) is 19.8 Å². The fraction of sp³-hybridized carbons (Fsp3) is 0.138. The summed E-state index contributed by atoms with van der Waals surface area (Å²) < 4.78 is 35.1. The molecule has 3 aromatic carbocycles. The van der Waals surface area contributed by atoms with Gasteiger partial charge in [0.15, 0.2) is 11.6 Å². The Balaban J connectivity index is 1.54. The van der Waals surface area contributed by atoms with E-state index in [1.807, 2.05) is 0 Å². The zero-order valence-electron chi connectivity index (χ0n) is 20.4. The molecule has 8 nitrogen and oxygen atoms in total. The minimum Gasteiger partial charge on any atom is -0.490 e. The van der Waals surface area contributed by atoms with Crippen LogP contribution in [0, 0.1) is 5.82 Å². The number of hydrogen-bond donors (Lipinski definition) is 1. The molecule has 1 N–H and O–H groups in total. The molecule has 0 unspecified atom stereocenters. The Morgan fingerprint density at radius 2 is 1.50 bits per heavy atom. The van der Waals surface area contributed by atoms with E-state index in [1.165, 1.54) is 36.4 Å². The Morgan fingerprint density at radius 1 is 0.868 bits per heavy atom. The van der Waals surface area contributed by atoms with Gasteiger partial charge in [-0.25, -0.2) is 18.8 Å². The van der Waals surface area contributed by atoms with Crippen LogP contribution < -0.4 is 14.2 Å². The first-order valence-electron chi connectivity index (χ1n) is 11.5. The molecule has 9 heteroatoms. The van der Waals surface area contributed by atoms with Crippen molar-refractivity contribution in [1.82, 2.24) is 0 Å². The average molecular weight is 521 g/mol. The van der Waals surface area contributed by atoms with Gasteiger partial charge in [0.25, 0.3) is 0 Å². The van der Waals surface area contributed by atoms with Crippen molar-refractivity contribution in [3.8, 4) is 28.4 Å². The maximum atomic E-state index is 14.5. The van der Waals surface area contributed by atoms with Gasteiger partial charge >= 0.3 is 17.9 Å². The minimum absolute atomic E-state index is 0.0773. The van der Waals surface area contributed by atoms with Crippen LogP contribution in [0.2, 0.25) is 0 Å². The molecule has 0 aliphatic carbocycles. The molecule has 0 atom stereocenters. The van der Waals surface area contributed by atoms with E-state index < -0.39 is 30.3 Å². The van der Waals surface area contributed by atoms with Crippen molar-refractivity contribution in [1.29, 1.82) is 0 Å². The SMILES string of the molecule is C=CC(=O)OCCCOc1ccc(-c2ccc(OC(=O)c3ccc(OC(=O)C(=C)CO)cc3)cc2)cc1F. The second kappa shape index (κ2) is 13.5. The van der Waals surface area contributed by atoms with Gasteiger partial charge in [0.1, 0.15) is 11.5 Å². The van der Waals surface area contributed by atoms with Gasteiger partial charge in [-0.1, -0.05) is 31.4 Å². The molecule has 0 bridgehead atoms. The predicted octanol–water partition coefficient (Wildman–Crippen LogP) is 4.66. The van der Waals surface area contributed by atoms with Crippen LogP contribution in [0.5, 0.6) is 17.2 Å². The fourth-order valence-electron chi connectivity index (χ4n) is 3.05. The summed E-state index contributed by atoms with van der Waals surface area (Å²) in [7, 11) is 0. The van der Waals surface area contributed by atoms with Crippen LogP contribution in [0.15, 0.2) is 91.5 Å². The second-order valence-corrected chi connectivity index (χ2v) is 7.81. The van der Waals surface area contributed by atoms with Crippen LogP contribution in [0.1, 0.15) is 16.8 Å². The van der Waals surface area contributed by atoms with E-state index in [2.05, 4.69) is 13.2 Å². The van der Waals surface area contributed by atoms with Gasteiger partial charge < -0.3 is 24.1 Å². The summed E-state index contributed by atoms with van der Waals surface area (Å²) in [5.74, 6) is -1.92. The number of aliphatic hydroxyl groups is 1. The Hall–Kier alpha value is -4.76. The number of esters is 3. The third-order valence-electron chi connectivity index (χ3n) is 5.07. The molecule has 0 saturated heterocycles. The normalized spacial score (nSPS) is 10.3. The zero-order chi connectivity index (χ0) is 27.5. The molecule has 0 amide bonds. The minimum atomic E-state index is -0.770. The van der Waals surface area contributed by atoms with Crippen LogP contribution in [0.4, 0.5) is 4.39 Å². The van der Waals surface area contributed by atoms with Gasteiger partial charge in [-0.3, -0.25) is 0 Å². The van der Waals surface area contributed by atoms with Crippen molar-refractivity contribution in [2.24, 2.45) is 0 Å². The number of halogens is 1. The number of aliphatic hydroxyl groups excluding tert-OH is 1. The second-order valence-electron chi connectivity index (χ2n) is 7.81. The average Bonchev–Trinajstić information content (AvgIpc) is 2.93. The van der Waals surface area contributed by atoms with Crippen LogP contribution >= 0.6 is 0 Å². The molecule has 38 heavy (non-hydrogen) atoms. The van der Waals surface area contributed by atoms with E-state index in [9.17, 15) is 18.8 Å². The lowest BCUT2D eigenvalue weighted by Gasteiger charge is -2.10. The largest absolute Gasteiger partial charge is 0.490 e. The predicted molar refractivity (Wildman–Crippen MR) is 136 cm³/mol. The summed E-state index contributed by atoms with van der Waals surface area (Å²) in [4.78, 5) is 35.1. The number of ether oxygens (including phenoxy) is 4. The lowest BCUT2D eigenvalue weighted by Crippen LogP contribution is -2.13. The van der Waals surface area contributed by atoms with Gasteiger partial charge in [0.2, 0.25) is 0 Å². The molecule has 0 spiro atoms. The first kappa shape index (κ1) is 27.8. The highest BCUT2D eigenvalue weighted by atomic mass is 19.1. The number of benzene rings is 3. The van der Waals surface area contributed by atoms with Crippen LogP contribution in [0.25, 0.3) is 11.1 Å². The highest BCUT2D eigenvalue weighted by Gasteiger charge is 2.13. The molecule has 0 aliphatic rings. The maximum Gasteiger partial charge on any atom is 0.343 e. The van der Waals surface area contributed by atoms with Crippen molar-refractivity contribution in [3.63, 3.8) is 0 Å². The third-order valence-corrected chi connectivity index (χ3v) is 5.07. The van der Waals surface area contributed by atoms with Crippen LogP contribution in [-0.4, -0.2) is 42.8 Å². The summed E-state index contributed by atoms with van der Waals surface area (Å²) >= 11 is 0. The monoisotopic (exact) mass is 520 g/mol. The first-order valence-corrected chi connectivity index (χ1v) is 11.5. The van der Waals surface area contributed by atoms with Crippen LogP contribution in [0.3, 0.4) is 0 Å². The van der Waals surface area contributed by atoms with E-state index in [0.29, 0.717) is 17.5 Å². The summed E-state index contributed by atoms with van der Waals surface area (Å²) in [6.07, 6.45) is 1.47. The Labute approximate surface area is 218 Å². The van der Waals surface area contributed by atoms with Crippen molar-refractivity contribution >= 4 is 17.9 Å². The van der Waals surface area contributed by atoms with Gasteiger partial charge in [-0.15, -0.1) is 0 Å². The zero-order valence-corrected chi connectivity index (χ0v) is 20.4. The number of carbonyl (C=O) groups is 3. The van der Waals surface area contributed by atoms with Gasteiger partial charge in [0.05, 0.1) is 31.0 Å². The smallest absolute Gasteiger partial charge is 0.343 e. The maximum absolute atomic E-state index is 14.5. The summed E-state index contributed by atoms with van der Waals surface area (Å²) in [6, 6.07) is 16.8. The molecule has 0 aliphatic heterocycles. The third kappa shape index (κ3) is 7.87. The van der Waals surface area contributed by atoms with E-state index in [0.717, 1.165) is 6.08 Å². The molecule has 0 heterocycles. The van der Waals surface area contributed by atoms with E-state index in [4.69, 9.17) is 24.1 Å². The molecule has 196 valence electrons. The van der Waals surface area contributed by atoms with Crippen LogP contribution in [-0.2, 0) is 14.3 Å². The van der Waals surface area contributed by atoms with Crippen molar-refractivity contribution in [3.05, 3.63) is 103 Å². The molecule has 3 aromatic rings. The number of carbonyl (C=O) groups excluding carboxylic acids is 3. The summed E-state index contributed by atoms with van der Waals surface area (Å²) in [5.41, 5.74) is 1.43. The molecule has 0 aromatic heterocycles. The van der Waals surface area contributed by atoms with Gasteiger partial charge in [-0.05, 0) is 59.7 Å². The first-order chi connectivity index (χ1) is 18.3. The lowest BCUT2D eigenvalue weighted by molar-refractivity contribution is -0.138. The highest BCUT2D eigenvalue weighted by molar-refractivity contribution is 5.92. The van der Waals surface area contributed by atoms with E-state index >= 15 is 0 Å². The van der Waals surface area contributed by atoms with Gasteiger partial charge in [0, 0.05) is 12.5 Å². The fourth-order valence-corrected chi connectivity index (χ4v) is 3.05. The Bertz CT molecular complexity index is 1310. The molecular formula is C29H25FO8. The Morgan fingerprint density at radius 3 is 2.13 bits per heavy atom. The molecule has 0 radical (unpaired) electrons. The lowest BCUT2D eigenvalue weighted by atomic mass is 10.1. The molecular weight excluding hydrogens is 495 g/mol. The highest BCUT2D eigenvalue weighted by Crippen LogP contribution is 2.27. The quantitative estimate of drug-likeness (QED) is 0.159. The molecule has 0 fully saturated rings. The number of rotatable bonds is 12. The van der Waals surface area contributed by atoms with Crippen molar-refractivity contribution < 1.29 is 42.8 Å². The molecule has 0 saturated carbocycles. The van der Waals surface area contributed by atoms with E-state index in [1.54, 1.807) is 30.3 Å². The van der Waals surface area contributed by atoms with E-state index in [-0.39, 0.29) is 41.6 Å². The standard InChI is InChI=1S/C29H25FO8/c1-3-27(32)36-16-4-15-35-26-14-9-22(17-25(26)30)20-5-10-24(11-6-20)38-29(34)21-7-12-23(13-8-21)37-28(33)19(2)18-31/h3,5-14,17,31H,1-2,4,15-16,18H2. The van der Waals surface area contributed by atoms with Gasteiger partial charge in [-0.2, -0.15) is 0 Å². The number of hydrogen-bond acceptors (Lipinski definition) is 8. The topological polar surface area (TPSA) is 108 Å². The molecule has 3 rings (SSSR count). The van der Waals surface area contributed by atoms with Crippen molar-refractivity contribution in [2.45, 2.75) is 6.42 Å². The summed E-state index contributed by atoms with van der Waals surface area (Å²) in [6.45, 7) is 6.48.